The van der Waals surface area contributed by atoms with Crippen molar-refractivity contribution in [1.82, 2.24) is 0 Å². The van der Waals surface area contributed by atoms with Crippen LogP contribution >= 0.6 is 0 Å². The molecule has 1 rings (SSSR count). The first-order valence-corrected chi connectivity index (χ1v) is 4.91. The average molecular weight is 229 g/mol. The van der Waals surface area contributed by atoms with Crippen LogP contribution in [0.15, 0.2) is 18.2 Å². The first kappa shape index (κ1) is 12.6. The van der Waals surface area contributed by atoms with Crippen molar-refractivity contribution in [2.45, 2.75) is 12.8 Å². The smallest absolute Gasteiger partial charge is 0.314 e. The molecule has 0 saturated heterocycles. The molecule has 0 spiro atoms. The molecule has 0 heterocycles. The van der Waals surface area contributed by atoms with Gasteiger partial charge >= 0.3 is 5.97 Å². The van der Waals surface area contributed by atoms with E-state index < -0.39 is 23.5 Å². The van der Waals surface area contributed by atoms with Gasteiger partial charge in [-0.25, -0.2) is 8.78 Å². The van der Waals surface area contributed by atoms with E-state index in [2.05, 4.69) is 0 Å². The number of ether oxygens (including phenoxy) is 1. The summed E-state index contributed by atoms with van der Waals surface area (Å²) in [6.07, 6.45) is 0. The number of carbonyl (C=O) groups excluding carboxylic acids is 1. The highest BCUT2D eigenvalue weighted by Gasteiger charge is 2.23. The van der Waals surface area contributed by atoms with E-state index in [1.807, 2.05) is 0 Å². The number of halogens is 2. The Hall–Kier alpha value is -1.49. The number of hydrogen-bond donors (Lipinski definition) is 1. The Labute approximate surface area is 92.2 Å². The Morgan fingerprint density at radius 2 is 2.19 bits per heavy atom. The third-order valence-electron chi connectivity index (χ3n) is 2.14. The first-order valence-electron chi connectivity index (χ1n) is 4.91. The second-order valence-electron chi connectivity index (χ2n) is 3.21. The number of carbonyl (C=O) groups is 1. The van der Waals surface area contributed by atoms with Crippen LogP contribution in [0.1, 0.15) is 18.4 Å². The molecule has 1 unspecified atom stereocenters. The normalized spacial score (nSPS) is 12.2. The monoisotopic (exact) mass is 229 g/mol. The molecule has 1 atom stereocenters. The van der Waals surface area contributed by atoms with Crippen LogP contribution in [0.2, 0.25) is 0 Å². The Balaban J connectivity index is 3.03. The van der Waals surface area contributed by atoms with Gasteiger partial charge in [0.25, 0.3) is 0 Å². The second kappa shape index (κ2) is 5.55. The van der Waals surface area contributed by atoms with Gasteiger partial charge in [-0.15, -0.1) is 0 Å². The highest BCUT2D eigenvalue weighted by atomic mass is 19.1. The minimum Gasteiger partial charge on any atom is -0.465 e. The largest absolute Gasteiger partial charge is 0.465 e. The molecule has 0 aliphatic rings. The molecule has 0 radical (unpaired) electrons. The summed E-state index contributed by atoms with van der Waals surface area (Å²) >= 11 is 0. The van der Waals surface area contributed by atoms with Gasteiger partial charge in [-0.2, -0.15) is 0 Å². The molecule has 16 heavy (non-hydrogen) atoms. The number of esters is 1. The van der Waals surface area contributed by atoms with E-state index in [1.54, 1.807) is 6.92 Å². The van der Waals surface area contributed by atoms with Gasteiger partial charge < -0.3 is 10.5 Å². The number of hydrogen-bond acceptors (Lipinski definition) is 3. The zero-order valence-electron chi connectivity index (χ0n) is 8.87. The average Bonchev–Trinajstić information content (AvgIpc) is 2.24. The van der Waals surface area contributed by atoms with Crippen LogP contribution in [-0.4, -0.2) is 19.1 Å². The Kier molecular flexibility index (Phi) is 4.37. The molecule has 0 aliphatic heterocycles. The van der Waals surface area contributed by atoms with Gasteiger partial charge in [-0.1, -0.05) is 0 Å². The van der Waals surface area contributed by atoms with E-state index in [9.17, 15) is 13.6 Å². The molecular weight excluding hydrogens is 216 g/mol. The summed E-state index contributed by atoms with van der Waals surface area (Å²) in [5.74, 6) is -2.88. The SMILES string of the molecule is CCOC(=O)C(CN)c1cc(F)ccc1F. The van der Waals surface area contributed by atoms with Crippen molar-refractivity contribution in [3.8, 4) is 0 Å². The van der Waals surface area contributed by atoms with Gasteiger partial charge in [0.15, 0.2) is 0 Å². The zero-order chi connectivity index (χ0) is 12.1. The zero-order valence-corrected chi connectivity index (χ0v) is 8.87. The molecule has 2 N–H and O–H groups in total. The highest BCUT2D eigenvalue weighted by Crippen LogP contribution is 2.21. The summed E-state index contributed by atoms with van der Waals surface area (Å²) in [7, 11) is 0. The van der Waals surface area contributed by atoms with E-state index in [1.165, 1.54) is 0 Å². The maximum Gasteiger partial charge on any atom is 0.314 e. The molecule has 0 aromatic heterocycles. The number of nitrogens with two attached hydrogens (primary N) is 1. The summed E-state index contributed by atoms with van der Waals surface area (Å²) in [6, 6.07) is 2.91. The molecule has 88 valence electrons. The van der Waals surface area contributed by atoms with Gasteiger partial charge in [0.05, 0.1) is 12.5 Å². The molecule has 1 aromatic carbocycles. The van der Waals surface area contributed by atoms with Crippen LogP contribution in [-0.2, 0) is 9.53 Å². The topological polar surface area (TPSA) is 52.3 Å². The van der Waals surface area contributed by atoms with Gasteiger partial charge in [0.1, 0.15) is 11.6 Å². The van der Waals surface area contributed by atoms with Gasteiger partial charge in [0.2, 0.25) is 0 Å². The molecule has 3 nitrogen and oxygen atoms in total. The highest BCUT2D eigenvalue weighted by molar-refractivity contribution is 5.78. The maximum atomic E-state index is 13.4. The van der Waals surface area contributed by atoms with Crippen LogP contribution in [0.5, 0.6) is 0 Å². The van der Waals surface area contributed by atoms with E-state index in [0.29, 0.717) is 0 Å². The Morgan fingerprint density at radius 1 is 1.50 bits per heavy atom. The van der Waals surface area contributed by atoms with E-state index in [0.717, 1.165) is 18.2 Å². The number of benzene rings is 1. The standard InChI is InChI=1S/C11H13F2NO2/c1-2-16-11(15)9(6-14)8-5-7(12)3-4-10(8)13/h3-5,9H,2,6,14H2,1H3. The predicted octanol–water partition coefficient (Wildman–Crippen LogP) is 1.57. The van der Waals surface area contributed by atoms with Crippen LogP contribution in [0.4, 0.5) is 8.78 Å². The molecule has 0 fully saturated rings. The van der Waals surface area contributed by atoms with E-state index in [4.69, 9.17) is 10.5 Å². The third-order valence-corrected chi connectivity index (χ3v) is 2.14. The lowest BCUT2D eigenvalue weighted by atomic mass is 9.98. The Bertz CT molecular complexity index is 382. The summed E-state index contributed by atoms with van der Waals surface area (Å²) < 4.78 is 31.0. The fraction of sp³-hybridized carbons (Fsp3) is 0.364. The molecule has 0 saturated carbocycles. The van der Waals surface area contributed by atoms with Crippen molar-refractivity contribution in [3.05, 3.63) is 35.4 Å². The molecule has 1 aromatic rings. The first-order chi connectivity index (χ1) is 7.60. The molecular formula is C11H13F2NO2. The molecule has 0 aliphatic carbocycles. The maximum absolute atomic E-state index is 13.4. The van der Waals surface area contributed by atoms with Crippen LogP contribution < -0.4 is 5.73 Å². The van der Waals surface area contributed by atoms with Crippen molar-refractivity contribution in [1.29, 1.82) is 0 Å². The van der Waals surface area contributed by atoms with Crippen LogP contribution in [0.3, 0.4) is 0 Å². The summed E-state index contributed by atoms with van der Waals surface area (Å²) in [5, 5.41) is 0. The lowest BCUT2D eigenvalue weighted by Crippen LogP contribution is -2.24. The van der Waals surface area contributed by atoms with Crippen LogP contribution in [0.25, 0.3) is 0 Å². The van der Waals surface area contributed by atoms with Gasteiger partial charge in [0, 0.05) is 12.1 Å². The summed E-state index contributed by atoms with van der Waals surface area (Å²) in [6.45, 7) is 1.68. The van der Waals surface area contributed by atoms with Crippen molar-refractivity contribution >= 4 is 5.97 Å². The fourth-order valence-corrected chi connectivity index (χ4v) is 1.37. The Morgan fingerprint density at radius 3 is 2.75 bits per heavy atom. The van der Waals surface area contributed by atoms with Crippen molar-refractivity contribution in [2.24, 2.45) is 5.73 Å². The molecule has 0 amide bonds. The second-order valence-corrected chi connectivity index (χ2v) is 3.21. The van der Waals surface area contributed by atoms with Crippen molar-refractivity contribution in [2.75, 3.05) is 13.2 Å². The van der Waals surface area contributed by atoms with Crippen LogP contribution in [0, 0.1) is 11.6 Å². The lowest BCUT2D eigenvalue weighted by molar-refractivity contribution is -0.144. The predicted molar refractivity (Wildman–Crippen MR) is 54.8 cm³/mol. The summed E-state index contributed by atoms with van der Waals surface area (Å²) in [5.41, 5.74) is 5.30. The lowest BCUT2D eigenvalue weighted by Gasteiger charge is -2.14. The third kappa shape index (κ3) is 2.76. The van der Waals surface area contributed by atoms with Crippen molar-refractivity contribution < 1.29 is 18.3 Å². The van der Waals surface area contributed by atoms with Gasteiger partial charge in [-0.3, -0.25) is 4.79 Å². The molecule has 0 bridgehead atoms. The van der Waals surface area contributed by atoms with E-state index >= 15 is 0 Å². The van der Waals surface area contributed by atoms with Crippen molar-refractivity contribution in [3.63, 3.8) is 0 Å². The van der Waals surface area contributed by atoms with Gasteiger partial charge in [-0.05, 0) is 25.1 Å². The fourth-order valence-electron chi connectivity index (χ4n) is 1.37. The summed E-state index contributed by atoms with van der Waals surface area (Å²) in [4.78, 5) is 11.4. The van der Waals surface area contributed by atoms with E-state index in [-0.39, 0.29) is 18.7 Å². The molecule has 5 heteroatoms. The quantitative estimate of drug-likeness (QED) is 0.797. The number of rotatable bonds is 4. The minimum absolute atomic E-state index is 0.0686. The minimum atomic E-state index is -0.962.